The quantitative estimate of drug-likeness (QED) is 0.801. The van der Waals surface area contributed by atoms with Gasteiger partial charge in [0.05, 0.1) is 19.3 Å². The molecule has 3 atom stereocenters. The van der Waals surface area contributed by atoms with E-state index in [1.165, 1.54) is 31.2 Å². The van der Waals surface area contributed by atoms with Crippen LogP contribution in [-0.4, -0.2) is 25.3 Å². The maximum atomic E-state index is 6.00. The lowest BCUT2D eigenvalue weighted by molar-refractivity contribution is -0.147. The van der Waals surface area contributed by atoms with Gasteiger partial charge < -0.3 is 4.74 Å². The van der Waals surface area contributed by atoms with Gasteiger partial charge in [-0.05, 0) is 30.5 Å². The fraction of sp³-hybridized carbons (Fsp3) is 0.600. The lowest BCUT2D eigenvalue weighted by Gasteiger charge is -2.27. The maximum Gasteiger partial charge on any atom is 0.119 e. The molecule has 3 unspecified atom stereocenters. The molecule has 3 heteroatoms. The minimum atomic E-state index is 0.380. The minimum Gasteiger partial charge on any atom is -0.497 e. The van der Waals surface area contributed by atoms with Crippen molar-refractivity contribution in [2.75, 3.05) is 14.2 Å². The van der Waals surface area contributed by atoms with Crippen LogP contribution in [0.25, 0.3) is 0 Å². The second kappa shape index (κ2) is 4.90. The van der Waals surface area contributed by atoms with Crippen LogP contribution in [0.1, 0.15) is 37.3 Å². The van der Waals surface area contributed by atoms with Gasteiger partial charge in [0, 0.05) is 13.0 Å². The van der Waals surface area contributed by atoms with Crippen LogP contribution in [0.15, 0.2) is 24.3 Å². The number of methoxy groups -OCH3 is 1. The van der Waals surface area contributed by atoms with Crippen molar-refractivity contribution in [3.63, 3.8) is 0 Å². The molecule has 2 aliphatic rings. The summed E-state index contributed by atoms with van der Waals surface area (Å²) in [6.45, 7) is 0. The Balaban J connectivity index is 1.89. The van der Waals surface area contributed by atoms with Gasteiger partial charge in [0.1, 0.15) is 5.75 Å². The summed E-state index contributed by atoms with van der Waals surface area (Å²) in [5, 5.41) is 2.05. The number of fused-ring (bicyclic) bond motifs is 1. The van der Waals surface area contributed by atoms with E-state index in [4.69, 9.17) is 9.57 Å². The van der Waals surface area contributed by atoms with Crippen molar-refractivity contribution >= 4 is 0 Å². The average molecular weight is 247 g/mol. The van der Waals surface area contributed by atoms with Crippen LogP contribution in [0.4, 0.5) is 0 Å². The largest absolute Gasteiger partial charge is 0.497 e. The molecule has 0 radical (unpaired) electrons. The van der Waals surface area contributed by atoms with Gasteiger partial charge in [-0.15, -0.1) is 0 Å². The second-order valence-electron chi connectivity index (χ2n) is 5.36. The van der Waals surface area contributed by atoms with Crippen LogP contribution in [-0.2, 0) is 4.84 Å². The van der Waals surface area contributed by atoms with Gasteiger partial charge in [0.15, 0.2) is 0 Å². The van der Waals surface area contributed by atoms with Crippen LogP contribution < -0.4 is 4.74 Å². The molecular formula is C15H21NO2. The van der Waals surface area contributed by atoms with E-state index in [0.29, 0.717) is 18.1 Å². The number of hydrogen-bond acceptors (Lipinski definition) is 3. The third-order valence-corrected chi connectivity index (χ3v) is 4.29. The molecule has 1 aliphatic heterocycles. The first-order chi connectivity index (χ1) is 8.79. The van der Waals surface area contributed by atoms with E-state index in [1.807, 2.05) is 6.07 Å². The number of hydroxylamine groups is 2. The summed E-state index contributed by atoms with van der Waals surface area (Å²) in [6.07, 6.45) is 5.53. The Bertz CT molecular complexity index is 421. The lowest BCUT2D eigenvalue weighted by atomic mass is 9.80. The van der Waals surface area contributed by atoms with Crippen LogP contribution in [0.2, 0.25) is 0 Å². The van der Waals surface area contributed by atoms with E-state index in [0.717, 1.165) is 5.75 Å². The molecule has 2 fully saturated rings. The van der Waals surface area contributed by atoms with Crippen molar-refractivity contribution in [3.05, 3.63) is 29.8 Å². The number of rotatable bonds is 2. The SMILES string of the molecule is COc1cccc(C2C3CCCCC3ON2C)c1. The van der Waals surface area contributed by atoms with Crippen LogP contribution >= 0.6 is 0 Å². The standard InChI is InChI=1S/C15H21NO2/c1-16-15(11-6-5-7-12(10-11)17-2)13-8-3-4-9-14(13)18-16/h5-7,10,13-15H,3-4,8-9H2,1-2H3. The molecule has 0 bridgehead atoms. The van der Waals surface area contributed by atoms with E-state index in [1.54, 1.807) is 7.11 Å². The van der Waals surface area contributed by atoms with E-state index in [9.17, 15) is 0 Å². The summed E-state index contributed by atoms with van der Waals surface area (Å²) in [4.78, 5) is 6.00. The van der Waals surface area contributed by atoms with Gasteiger partial charge in [-0.1, -0.05) is 25.0 Å². The third kappa shape index (κ3) is 2.02. The van der Waals surface area contributed by atoms with Crippen LogP contribution in [0.5, 0.6) is 5.75 Å². The highest BCUT2D eigenvalue weighted by atomic mass is 16.7. The average Bonchev–Trinajstić information content (AvgIpc) is 2.74. The number of benzene rings is 1. The molecule has 1 saturated carbocycles. The van der Waals surface area contributed by atoms with Gasteiger partial charge >= 0.3 is 0 Å². The van der Waals surface area contributed by atoms with E-state index < -0.39 is 0 Å². The zero-order valence-electron chi connectivity index (χ0n) is 11.1. The van der Waals surface area contributed by atoms with Crippen LogP contribution in [0.3, 0.4) is 0 Å². The normalized spacial score (nSPS) is 32.2. The van der Waals surface area contributed by atoms with E-state index in [2.05, 4.69) is 30.3 Å². The maximum absolute atomic E-state index is 6.00. The molecule has 3 rings (SSSR count). The lowest BCUT2D eigenvalue weighted by Crippen LogP contribution is -2.24. The van der Waals surface area contributed by atoms with Crippen molar-refractivity contribution in [1.82, 2.24) is 5.06 Å². The highest BCUT2D eigenvalue weighted by Gasteiger charge is 2.43. The van der Waals surface area contributed by atoms with Gasteiger partial charge in [0.2, 0.25) is 0 Å². The fourth-order valence-electron chi connectivity index (χ4n) is 3.45. The van der Waals surface area contributed by atoms with Crippen molar-refractivity contribution < 1.29 is 9.57 Å². The highest BCUT2D eigenvalue weighted by molar-refractivity contribution is 5.31. The van der Waals surface area contributed by atoms with Gasteiger partial charge in [-0.3, -0.25) is 4.84 Å². The minimum absolute atomic E-state index is 0.380. The zero-order chi connectivity index (χ0) is 12.5. The molecule has 1 saturated heterocycles. The molecular weight excluding hydrogens is 226 g/mol. The monoisotopic (exact) mass is 247 g/mol. The van der Waals surface area contributed by atoms with Crippen molar-refractivity contribution in [2.45, 2.75) is 37.8 Å². The topological polar surface area (TPSA) is 21.7 Å². The van der Waals surface area contributed by atoms with E-state index >= 15 is 0 Å². The molecule has 0 spiro atoms. The number of ether oxygens (including phenoxy) is 1. The molecule has 3 nitrogen and oxygen atoms in total. The first-order valence-electron chi connectivity index (χ1n) is 6.83. The summed E-state index contributed by atoms with van der Waals surface area (Å²) in [5.41, 5.74) is 1.31. The molecule has 0 amide bonds. The Hall–Kier alpha value is -1.06. The first kappa shape index (κ1) is 12.0. The molecule has 1 heterocycles. The highest BCUT2D eigenvalue weighted by Crippen LogP contribution is 2.45. The van der Waals surface area contributed by atoms with Gasteiger partial charge in [0.25, 0.3) is 0 Å². The van der Waals surface area contributed by atoms with Crippen LogP contribution in [0, 0.1) is 5.92 Å². The molecule has 18 heavy (non-hydrogen) atoms. The van der Waals surface area contributed by atoms with Crippen molar-refractivity contribution in [1.29, 1.82) is 0 Å². The molecule has 98 valence electrons. The Morgan fingerprint density at radius 2 is 2.11 bits per heavy atom. The Morgan fingerprint density at radius 3 is 2.94 bits per heavy atom. The summed E-state index contributed by atoms with van der Waals surface area (Å²) in [5.74, 6) is 1.57. The summed E-state index contributed by atoms with van der Waals surface area (Å²) in [7, 11) is 3.78. The predicted molar refractivity (Wildman–Crippen MR) is 70.3 cm³/mol. The van der Waals surface area contributed by atoms with Gasteiger partial charge in [-0.2, -0.15) is 5.06 Å². The summed E-state index contributed by atoms with van der Waals surface area (Å²) < 4.78 is 5.33. The molecule has 0 aromatic heterocycles. The zero-order valence-corrected chi connectivity index (χ0v) is 11.1. The Morgan fingerprint density at radius 1 is 1.28 bits per heavy atom. The van der Waals surface area contributed by atoms with Gasteiger partial charge in [-0.25, -0.2) is 0 Å². The number of hydrogen-bond donors (Lipinski definition) is 0. The van der Waals surface area contributed by atoms with E-state index in [-0.39, 0.29) is 0 Å². The third-order valence-electron chi connectivity index (χ3n) is 4.29. The molecule has 1 aromatic carbocycles. The second-order valence-corrected chi connectivity index (χ2v) is 5.36. The Kier molecular flexibility index (Phi) is 3.27. The predicted octanol–water partition coefficient (Wildman–Crippen LogP) is 3.17. The summed E-state index contributed by atoms with van der Waals surface area (Å²) in [6, 6.07) is 8.77. The van der Waals surface area contributed by atoms with Crippen molar-refractivity contribution in [2.24, 2.45) is 5.92 Å². The molecule has 1 aromatic rings. The summed E-state index contributed by atoms with van der Waals surface area (Å²) >= 11 is 0. The fourth-order valence-corrected chi connectivity index (χ4v) is 3.45. The number of nitrogens with zero attached hydrogens (tertiary/aromatic N) is 1. The smallest absolute Gasteiger partial charge is 0.119 e. The van der Waals surface area contributed by atoms with Crippen molar-refractivity contribution in [3.8, 4) is 5.75 Å². The first-order valence-corrected chi connectivity index (χ1v) is 6.83. The Labute approximate surface area is 109 Å². The molecule has 0 N–H and O–H groups in total. The molecule has 1 aliphatic carbocycles.